The van der Waals surface area contributed by atoms with Crippen molar-refractivity contribution in [2.75, 3.05) is 39.9 Å². The number of rotatable bonds is 18. The molecule has 0 aliphatic carbocycles. The lowest BCUT2D eigenvalue weighted by atomic mass is 9.77. The molecule has 0 aliphatic heterocycles. The Balaban J connectivity index is 1.42. The van der Waals surface area contributed by atoms with Gasteiger partial charge >= 0.3 is 19.3 Å². The quantitative estimate of drug-likeness (QED) is 0.0592. The Morgan fingerprint density at radius 1 is 0.788 bits per heavy atom. The lowest BCUT2D eigenvalue weighted by molar-refractivity contribution is -0.160. The molecule has 0 radical (unpaired) electrons. The Kier molecular flexibility index (Phi) is 13.2. The number of carbonyl (C=O) groups is 1. The van der Waals surface area contributed by atoms with Crippen molar-refractivity contribution in [3.05, 3.63) is 160 Å². The number of esters is 1. The van der Waals surface area contributed by atoms with Crippen LogP contribution >= 0.6 is 7.60 Å². The van der Waals surface area contributed by atoms with Crippen LogP contribution in [0.1, 0.15) is 28.7 Å². The van der Waals surface area contributed by atoms with Crippen LogP contribution in [-0.2, 0) is 46.4 Å². The fourth-order valence-electron chi connectivity index (χ4n) is 6.07. The summed E-state index contributed by atoms with van der Waals surface area (Å²) in [5, 5.41) is 3.60. The van der Waals surface area contributed by atoms with Crippen LogP contribution in [0.2, 0.25) is 0 Å². The molecule has 0 aliphatic rings. The fourth-order valence-corrected chi connectivity index (χ4v) is 7.27. The number of aryl methyl sites for hydroxylation is 1. The number of aromatic nitrogens is 2. The van der Waals surface area contributed by atoms with Crippen molar-refractivity contribution in [2.45, 2.75) is 37.1 Å². The van der Waals surface area contributed by atoms with Crippen LogP contribution < -0.4 is 15.7 Å². The highest BCUT2D eigenvalue weighted by Gasteiger charge is 2.37. The molecule has 5 rings (SSSR count). The van der Waals surface area contributed by atoms with E-state index in [1.807, 2.05) is 115 Å². The summed E-state index contributed by atoms with van der Waals surface area (Å²) in [6.45, 7) is 0.106. The summed E-state index contributed by atoms with van der Waals surface area (Å²) in [5.74, 6) is 0.432. The maximum absolute atomic E-state index is 13.6. The number of methoxy groups -OCH3 is 2. The zero-order valence-corrected chi connectivity index (χ0v) is 30.6. The van der Waals surface area contributed by atoms with Crippen LogP contribution in [-0.4, -0.2) is 62.3 Å². The minimum atomic E-state index is -3.60. The molecule has 4 aromatic carbocycles. The van der Waals surface area contributed by atoms with Crippen molar-refractivity contribution in [3.8, 4) is 5.75 Å². The van der Waals surface area contributed by atoms with E-state index in [-0.39, 0.29) is 25.5 Å². The highest BCUT2D eigenvalue weighted by molar-refractivity contribution is 7.53. The average molecular weight is 726 g/mol. The van der Waals surface area contributed by atoms with E-state index in [1.54, 1.807) is 19.4 Å². The zero-order valence-electron chi connectivity index (χ0n) is 29.7. The first-order valence-corrected chi connectivity index (χ1v) is 18.6. The third-order valence-corrected chi connectivity index (χ3v) is 10.9. The SMILES string of the molecule is COc1ccc(C(Nc2ccn(CC[C@H](CP(=O)(OC)OC)OC(=O)[C@H](Cc3ccccc3)OC)c(=O)n2)(c2ccccc2)c2ccccc2)cc1. The van der Waals surface area contributed by atoms with Crippen molar-refractivity contribution in [1.82, 2.24) is 9.55 Å². The number of hydrogen-bond acceptors (Lipinski definition) is 10. The van der Waals surface area contributed by atoms with Crippen molar-refractivity contribution in [1.29, 1.82) is 0 Å². The van der Waals surface area contributed by atoms with Crippen LogP contribution in [0, 0.1) is 0 Å². The van der Waals surface area contributed by atoms with Crippen molar-refractivity contribution >= 4 is 19.4 Å². The molecule has 1 N–H and O–H groups in total. The molecule has 0 saturated carbocycles. The van der Waals surface area contributed by atoms with Gasteiger partial charge in [0.05, 0.1) is 13.3 Å². The molecule has 272 valence electrons. The summed E-state index contributed by atoms with van der Waals surface area (Å²) in [7, 11) is 2.00. The molecule has 5 aromatic rings. The van der Waals surface area contributed by atoms with Crippen LogP contribution in [0.5, 0.6) is 5.75 Å². The number of nitrogens with zero attached hydrogens (tertiary/aromatic N) is 2. The van der Waals surface area contributed by atoms with Crippen LogP contribution in [0.4, 0.5) is 5.82 Å². The number of ether oxygens (including phenoxy) is 3. The number of hydrogen-bond donors (Lipinski definition) is 1. The summed E-state index contributed by atoms with van der Waals surface area (Å²) in [6.07, 6.45) is 0.0116. The van der Waals surface area contributed by atoms with Crippen molar-refractivity contribution in [2.24, 2.45) is 0 Å². The molecule has 1 aromatic heterocycles. The minimum absolute atomic E-state index is 0.106. The lowest BCUT2D eigenvalue weighted by Gasteiger charge is -2.37. The molecule has 2 atom stereocenters. The summed E-state index contributed by atoms with van der Waals surface area (Å²) < 4.78 is 41.6. The van der Waals surface area contributed by atoms with Gasteiger partial charge in [-0.1, -0.05) is 103 Å². The summed E-state index contributed by atoms with van der Waals surface area (Å²) in [5.41, 5.74) is 2.21. The van der Waals surface area contributed by atoms with Gasteiger partial charge in [-0.2, -0.15) is 4.98 Å². The van der Waals surface area contributed by atoms with E-state index in [0.29, 0.717) is 11.6 Å². The smallest absolute Gasteiger partial charge is 0.349 e. The van der Waals surface area contributed by atoms with E-state index in [4.69, 9.17) is 23.3 Å². The predicted octanol–water partition coefficient (Wildman–Crippen LogP) is 6.70. The molecular weight excluding hydrogens is 681 g/mol. The Morgan fingerprint density at radius 2 is 1.35 bits per heavy atom. The van der Waals surface area contributed by atoms with Gasteiger partial charge in [-0.25, -0.2) is 9.59 Å². The Labute approximate surface area is 304 Å². The second-order valence-corrected chi connectivity index (χ2v) is 14.4. The van der Waals surface area contributed by atoms with E-state index >= 15 is 0 Å². The van der Waals surface area contributed by atoms with Gasteiger partial charge in [-0.3, -0.25) is 9.13 Å². The first-order valence-electron chi connectivity index (χ1n) is 16.8. The molecule has 0 amide bonds. The largest absolute Gasteiger partial charge is 0.497 e. The average Bonchev–Trinajstić information content (AvgIpc) is 3.19. The second-order valence-electron chi connectivity index (χ2n) is 12.0. The highest BCUT2D eigenvalue weighted by Crippen LogP contribution is 2.47. The Morgan fingerprint density at radius 3 is 1.87 bits per heavy atom. The maximum Gasteiger partial charge on any atom is 0.349 e. The standard InChI is InChI=1S/C40H44N3O8P/c1-47-34-22-20-33(21-23-34)40(31-16-10-6-11-17-31,32-18-12-7-13-19-32)42-37-25-27-43(39(45)41-37)26-24-35(29-52(46,49-3)50-4)51-38(44)36(48-2)28-30-14-8-5-9-15-30/h5-23,25,27,35-36H,24,26,28-29H2,1-4H3,(H,41,42,45)/t35-,36+/m1/s1. The molecule has 11 nitrogen and oxygen atoms in total. The monoisotopic (exact) mass is 725 g/mol. The van der Waals surface area contributed by atoms with Gasteiger partial charge in [0.15, 0.2) is 6.10 Å². The molecule has 0 unspecified atom stereocenters. The summed E-state index contributed by atoms with van der Waals surface area (Å²) in [4.78, 5) is 31.3. The van der Waals surface area contributed by atoms with Gasteiger partial charge in [0, 0.05) is 46.9 Å². The van der Waals surface area contributed by atoms with Crippen molar-refractivity contribution < 1.29 is 32.6 Å². The molecule has 0 spiro atoms. The van der Waals surface area contributed by atoms with Gasteiger partial charge in [0.25, 0.3) is 0 Å². The van der Waals surface area contributed by atoms with Gasteiger partial charge in [0.1, 0.15) is 23.2 Å². The molecule has 0 bridgehead atoms. The first-order chi connectivity index (χ1) is 25.2. The molecule has 0 saturated heterocycles. The Hall–Kier alpha value is -5.06. The number of benzene rings is 4. The van der Waals surface area contributed by atoms with Crippen molar-refractivity contribution in [3.63, 3.8) is 0 Å². The van der Waals surface area contributed by atoms with E-state index in [2.05, 4.69) is 10.3 Å². The third-order valence-electron chi connectivity index (χ3n) is 8.90. The number of anilines is 1. The third kappa shape index (κ3) is 9.23. The van der Waals surface area contributed by atoms with Gasteiger partial charge in [0.2, 0.25) is 0 Å². The van der Waals surface area contributed by atoms with Crippen LogP contribution in [0.15, 0.2) is 132 Å². The van der Waals surface area contributed by atoms with E-state index in [1.165, 1.54) is 25.9 Å². The lowest BCUT2D eigenvalue weighted by Crippen LogP contribution is -2.39. The second kappa shape index (κ2) is 17.9. The minimum Gasteiger partial charge on any atom is -0.497 e. The number of nitrogens with one attached hydrogen (secondary N) is 1. The van der Waals surface area contributed by atoms with E-state index in [0.717, 1.165) is 22.3 Å². The van der Waals surface area contributed by atoms with Gasteiger partial charge in [-0.05, 0) is 40.5 Å². The normalized spacial score (nSPS) is 12.8. The Bertz CT molecular complexity index is 1930. The van der Waals surface area contributed by atoms with Gasteiger partial charge < -0.3 is 28.6 Å². The molecule has 52 heavy (non-hydrogen) atoms. The predicted molar refractivity (Wildman–Crippen MR) is 200 cm³/mol. The summed E-state index contributed by atoms with van der Waals surface area (Å²) >= 11 is 0. The fraction of sp³-hybridized carbons (Fsp3) is 0.275. The molecule has 1 heterocycles. The molecule has 12 heteroatoms. The first kappa shape index (κ1) is 38.2. The topological polar surface area (TPSA) is 127 Å². The zero-order chi connectivity index (χ0) is 37.0. The van der Waals surface area contributed by atoms with Crippen LogP contribution in [0.3, 0.4) is 0 Å². The van der Waals surface area contributed by atoms with Crippen LogP contribution in [0.25, 0.3) is 0 Å². The molecule has 0 fully saturated rings. The van der Waals surface area contributed by atoms with E-state index in [9.17, 15) is 14.2 Å². The van der Waals surface area contributed by atoms with E-state index < -0.39 is 37.0 Å². The summed E-state index contributed by atoms with van der Waals surface area (Å²) in [6, 6.07) is 38.8. The highest BCUT2D eigenvalue weighted by atomic mass is 31.2. The number of carbonyl (C=O) groups excluding carboxylic acids is 1. The van der Waals surface area contributed by atoms with Gasteiger partial charge in [-0.15, -0.1) is 0 Å². The maximum atomic E-state index is 13.6. The molecular formula is C40H44N3O8P.